The lowest BCUT2D eigenvalue weighted by molar-refractivity contribution is -0.135. The van der Waals surface area contributed by atoms with Crippen molar-refractivity contribution < 1.29 is 19.1 Å². The van der Waals surface area contributed by atoms with Gasteiger partial charge >= 0.3 is 0 Å². The maximum absolute atomic E-state index is 12.3. The molecule has 2 aliphatic rings. The molecule has 1 N–H and O–H groups in total. The van der Waals surface area contributed by atoms with Gasteiger partial charge in [0.1, 0.15) is 5.76 Å². The Morgan fingerprint density at radius 3 is 2.95 bits per heavy atom. The van der Waals surface area contributed by atoms with E-state index in [-0.39, 0.29) is 24.2 Å². The van der Waals surface area contributed by atoms with Crippen molar-refractivity contribution in [2.24, 2.45) is 5.92 Å². The summed E-state index contributed by atoms with van der Waals surface area (Å²) in [4.78, 5) is 27.6. The van der Waals surface area contributed by atoms with E-state index in [0.717, 1.165) is 5.76 Å². The van der Waals surface area contributed by atoms with Crippen LogP contribution in [0, 0.1) is 5.92 Å². The van der Waals surface area contributed by atoms with Crippen LogP contribution in [-0.2, 0) is 16.1 Å². The highest BCUT2D eigenvalue weighted by Gasteiger charge is 2.38. The number of aliphatic hydroxyl groups is 1. The molecule has 0 radical (unpaired) electrons. The highest BCUT2D eigenvalue weighted by Crippen LogP contribution is 2.24. The molecule has 1 aromatic rings. The molecule has 0 spiro atoms. The summed E-state index contributed by atoms with van der Waals surface area (Å²) in [7, 11) is 0. The summed E-state index contributed by atoms with van der Waals surface area (Å²) in [6.07, 6.45) is 2.04. The summed E-state index contributed by atoms with van der Waals surface area (Å²) in [5.41, 5.74) is 0. The van der Waals surface area contributed by atoms with Crippen LogP contribution in [0.3, 0.4) is 0 Å². The van der Waals surface area contributed by atoms with Gasteiger partial charge < -0.3 is 19.3 Å². The Kier molecular flexibility index (Phi) is 3.48. The molecular weight excluding hydrogens is 260 g/mol. The molecule has 2 atom stereocenters. The summed E-state index contributed by atoms with van der Waals surface area (Å²) in [6, 6.07) is 3.60. The zero-order valence-electron chi connectivity index (χ0n) is 11.2. The minimum Gasteiger partial charge on any atom is -0.467 e. The molecular formula is C14H18N2O4. The van der Waals surface area contributed by atoms with Gasteiger partial charge in [0.2, 0.25) is 11.8 Å². The van der Waals surface area contributed by atoms with Gasteiger partial charge in [0, 0.05) is 26.1 Å². The zero-order chi connectivity index (χ0) is 14.1. The minimum absolute atomic E-state index is 0.0144. The van der Waals surface area contributed by atoms with Gasteiger partial charge in [-0.05, 0) is 18.6 Å². The van der Waals surface area contributed by atoms with Crippen molar-refractivity contribution >= 4 is 11.8 Å². The molecule has 0 saturated carbocycles. The molecule has 2 amide bonds. The number of aliphatic hydroxyl groups excluding tert-OH is 1. The van der Waals surface area contributed by atoms with Gasteiger partial charge in [-0.1, -0.05) is 0 Å². The van der Waals surface area contributed by atoms with Crippen LogP contribution in [-0.4, -0.2) is 52.5 Å². The fourth-order valence-corrected chi connectivity index (χ4v) is 2.88. The van der Waals surface area contributed by atoms with E-state index >= 15 is 0 Å². The van der Waals surface area contributed by atoms with E-state index in [1.165, 1.54) is 0 Å². The number of amides is 2. The Morgan fingerprint density at radius 1 is 1.45 bits per heavy atom. The lowest BCUT2D eigenvalue weighted by Crippen LogP contribution is -2.36. The Morgan fingerprint density at radius 2 is 2.30 bits per heavy atom. The third kappa shape index (κ3) is 2.56. The van der Waals surface area contributed by atoms with Gasteiger partial charge in [0.15, 0.2) is 0 Å². The van der Waals surface area contributed by atoms with Crippen LogP contribution in [0.2, 0.25) is 0 Å². The maximum atomic E-state index is 12.3. The monoisotopic (exact) mass is 278 g/mol. The van der Waals surface area contributed by atoms with E-state index in [2.05, 4.69) is 0 Å². The largest absolute Gasteiger partial charge is 0.467 e. The summed E-state index contributed by atoms with van der Waals surface area (Å²) < 4.78 is 5.23. The third-order valence-corrected chi connectivity index (χ3v) is 3.97. The van der Waals surface area contributed by atoms with Crippen LogP contribution in [0.25, 0.3) is 0 Å². The molecule has 6 nitrogen and oxygen atoms in total. The first-order chi connectivity index (χ1) is 9.63. The number of β-amino-alcohol motifs (C(OH)–C–C–N with tert-alkyl or cyclic N) is 1. The van der Waals surface area contributed by atoms with Crippen LogP contribution >= 0.6 is 0 Å². The standard InChI is InChI=1S/C14H18N2O4/c17-11-3-4-15(8-11)14(19)10-6-13(18)16(7-10)9-12-2-1-5-20-12/h1-2,5,10-11,17H,3-4,6-9H2/t10?,11-/m1/s1. The van der Waals surface area contributed by atoms with E-state index < -0.39 is 6.10 Å². The molecule has 3 rings (SSSR count). The van der Waals surface area contributed by atoms with Crippen LogP contribution < -0.4 is 0 Å². The minimum atomic E-state index is -0.421. The number of hydrogen-bond donors (Lipinski definition) is 1. The van der Waals surface area contributed by atoms with Crippen LogP contribution in [0.4, 0.5) is 0 Å². The Bertz CT molecular complexity index is 499. The quantitative estimate of drug-likeness (QED) is 0.858. The Labute approximate surface area is 117 Å². The first kappa shape index (κ1) is 13.2. The van der Waals surface area contributed by atoms with E-state index in [1.54, 1.807) is 22.1 Å². The average molecular weight is 278 g/mol. The van der Waals surface area contributed by atoms with Crippen molar-refractivity contribution in [3.05, 3.63) is 24.2 Å². The van der Waals surface area contributed by atoms with Crippen LogP contribution in [0.5, 0.6) is 0 Å². The zero-order valence-corrected chi connectivity index (χ0v) is 11.2. The lowest BCUT2D eigenvalue weighted by Gasteiger charge is -2.20. The number of hydrogen-bond acceptors (Lipinski definition) is 4. The number of carbonyl (C=O) groups excluding carboxylic acids is 2. The Balaban J connectivity index is 1.60. The number of furan rings is 1. The molecule has 6 heteroatoms. The Hall–Kier alpha value is -1.82. The molecule has 108 valence electrons. The van der Waals surface area contributed by atoms with Gasteiger partial charge in [-0.2, -0.15) is 0 Å². The van der Waals surface area contributed by atoms with E-state index in [0.29, 0.717) is 32.6 Å². The third-order valence-electron chi connectivity index (χ3n) is 3.97. The number of carbonyl (C=O) groups is 2. The van der Waals surface area contributed by atoms with Gasteiger partial charge in [0.05, 0.1) is 24.8 Å². The first-order valence-corrected chi connectivity index (χ1v) is 6.90. The second-order valence-electron chi connectivity index (χ2n) is 5.48. The van der Waals surface area contributed by atoms with Crippen molar-refractivity contribution in [3.8, 4) is 0 Å². The second kappa shape index (κ2) is 5.28. The SMILES string of the molecule is O=C1CC(C(=O)N2CC[C@@H](O)C2)CN1Cc1ccco1. The number of rotatable bonds is 3. The molecule has 0 bridgehead atoms. The van der Waals surface area contributed by atoms with Crippen molar-refractivity contribution in [2.75, 3.05) is 19.6 Å². The molecule has 0 aromatic carbocycles. The number of likely N-dealkylation sites (tertiary alicyclic amines) is 2. The molecule has 20 heavy (non-hydrogen) atoms. The van der Waals surface area contributed by atoms with Crippen LogP contribution in [0.1, 0.15) is 18.6 Å². The normalized spacial score (nSPS) is 26.6. The lowest BCUT2D eigenvalue weighted by atomic mass is 10.1. The highest BCUT2D eigenvalue weighted by atomic mass is 16.3. The molecule has 2 saturated heterocycles. The molecule has 2 fully saturated rings. The summed E-state index contributed by atoms with van der Waals surface area (Å²) in [5, 5.41) is 9.48. The number of nitrogens with zero attached hydrogens (tertiary/aromatic N) is 2. The fourth-order valence-electron chi connectivity index (χ4n) is 2.88. The predicted molar refractivity (Wildman–Crippen MR) is 69.4 cm³/mol. The van der Waals surface area contributed by atoms with Crippen molar-refractivity contribution in [3.63, 3.8) is 0 Å². The summed E-state index contributed by atoms with van der Waals surface area (Å²) in [5.74, 6) is 0.405. The smallest absolute Gasteiger partial charge is 0.228 e. The van der Waals surface area contributed by atoms with Crippen molar-refractivity contribution in [1.82, 2.24) is 9.80 Å². The first-order valence-electron chi connectivity index (χ1n) is 6.90. The summed E-state index contributed by atoms with van der Waals surface area (Å²) in [6.45, 7) is 1.83. The van der Waals surface area contributed by atoms with E-state index in [1.807, 2.05) is 6.07 Å². The van der Waals surface area contributed by atoms with E-state index in [9.17, 15) is 14.7 Å². The maximum Gasteiger partial charge on any atom is 0.228 e. The molecule has 2 aliphatic heterocycles. The molecule has 1 unspecified atom stereocenters. The van der Waals surface area contributed by atoms with Gasteiger partial charge in [0.25, 0.3) is 0 Å². The van der Waals surface area contributed by atoms with Gasteiger partial charge in [-0.15, -0.1) is 0 Å². The topological polar surface area (TPSA) is 74.0 Å². The van der Waals surface area contributed by atoms with Crippen molar-refractivity contribution in [2.45, 2.75) is 25.5 Å². The van der Waals surface area contributed by atoms with Crippen molar-refractivity contribution in [1.29, 1.82) is 0 Å². The van der Waals surface area contributed by atoms with E-state index in [4.69, 9.17) is 4.42 Å². The van der Waals surface area contributed by atoms with Gasteiger partial charge in [-0.25, -0.2) is 0 Å². The average Bonchev–Trinajstić information content (AvgIpc) is 3.12. The molecule has 0 aliphatic carbocycles. The molecule has 1 aromatic heterocycles. The predicted octanol–water partition coefficient (Wildman–Crippen LogP) is 0.221. The highest BCUT2D eigenvalue weighted by molar-refractivity contribution is 5.89. The second-order valence-corrected chi connectivity index (χ2v) is 5.48. The van der Waals surface area contributed by atoms with Crippen LogP contribution in [0.15, 0.2) is 22.8 Å². The van der Waals surface area contributed by atoms with Gasteiger partial charge in [-0.3, -0.25) is 9.59 Å². The summed E-state index contributed by atoms with van der Waals surface area (Å²) >= 11 is 0. The molecule has 3 heterocycles. The fraction of sp³-hybridized carbons (Fsp3) is 0.571.